The fraction of sp³-hybridized carbons (Fsp3) is 0.667. The molecule has 2 aromatic heterocycles. The van der Waals surface area contributed by atoms with Gasteiger partial charge in [0.2, 0.25) is 0 Å². The van der Waals surface area contributed by atoms with E-state index < -0.39 is 0 Å². The predicted octanol–water partition coefficient (Wildman–Crippen LogP) is 2.06. The number of aryl methyl sites for hydroxylation is 1. The molecule has 0 fully saturated rings. The van der Waals surface area contributed by atoms with Crippen molar-refractivity contribution >= 4 is 11.0 Å². The minimum absolute atomic E-state index is 0.103. The van der Waals surface area contributed by atoms with Gasteiger partial charge in [0, 0.05) is 7.05 Å². The summed E-state index contributed by atoms with van der Waals surface area (Å²) in [4.78, 5) is 21.9. The van der Waals surface area contributed by atoms with Crippen LogP contribution in [-0.4, -0.2) is 37.7 Å². The van der Waals surface area contributed by atoms with Gasteiger partial charge in [0.15, 0.2) is 5.65 Å². The number of unbranched alkanes of at least 4 members (excludes halogenated alkanes) is 2. The Morgan fingerprint density at radius 3 is 2.52 bits per heavy atom. The lowest BCUT2D eigenvalue weighted by molar-refractivity contribution is 0.251. The van der Waals surface area contributed by atoms with Crippen LogP contribution in [0.3, 0.4) is 0 Å². The van der Waals surface area contributed by atoms with Crippen molar-refractivity contribution in [3.8, 4) is 0 Å². The fourth-order valence-corrected chi connectivity index (χ4v) is 2.40. The highest BCUT2D eigenvalue weighted by atomic mass is 16.1. The van der Waals surface area contributed by atoms with E-state index in [9.17, 15) is 4.79 Å². The van der Waals surface area contributed by atoms with Crippen molar-refractivity contribution in [1.29, 1.82) is 0 Å². The summed E-state index contributed by atoms with van der Waals surface area (Å²) in [7, 11) is 1.81. The molecule has 116 valence electrons. The van der Waals surface area contributed by atoms with Gasteiger partial charge in [-0.25, -0.2) is 4.98 Å². The van der Waals surface area contributed by atoms with E-state index in [2.05, 4.69) is 33.8 Å². The molecule has 2 heterocycles. The van der Waals surface area contributed by atoms with E-state index in [-0.39, 0.29) is 5.56 Å². The van der Waals surface area contributed by atoms with Crippen LogP contribution in [0.2, 0.25) is 0 Å². The predicted molar refractivity (Wildman–Crippen MR) is 84.2 cm³/mol. The Kier molecular flexibility index (Phi) is 5.50. The molecule has 0 bridgehead atoms. The molecule has 21 heavy (non-hydrogen) atoms. The molecular formula is C15H25N5O. The smallest absolute Gasteiger partial charge is 0.262 e. The Morgan fingerprint density at radius 1 is 1.24 bits per heavy atom. The number of hydrogen-bond donors (Lipinski definition) is 1. The van der Waals surface area contributed by atoms with Gasteiger partial charge in [0.1, 0.15) is 11.2 Å². The number of rotatable bonds is 8. The van der Waals surface area contributed by atoms with Crippen molar-refractivity contribution in [1.82, 2.24) is 24.6 Å². The van der Waals surface area contributed by atoms with Crippen LogP contribution in [0.15, 0.2) is 11.0 Å². The van der Waals surface area contributed by atoms with Crippen molar-refractivity contribution in [3.05, 3.63) is 22.4 Å². The van der Waals surface area contributed by atoms with Crippen LogP contribution in [-0.2, 0) is 13.6 Å². The minimum atomic E-state index is -0.103. The van der Waals surface area contributed by atoms with Crippen molar-refractivity contribution in [2.24, 2.45) is 7.05 Å². The average molecular weight is 291 g/mol. The maximum atomic E-state index is 12.1. The SMILES string of the molecule is CCCCN(CCCC)Cc1nc2c(cnn2C)c(=O)[nH]1. The Bertz CT molecular complexity index is 623. The molecule has 2 aromatic rings. The first-order valence-electron chi connectivity index (χ1n) is 7.79. The molecule has 0 saturated heterocycles. The zero-order valence-electron chi connectivity index (χ0n) is 13.2. The second-order valence-corrected chi connectivity index (χ2v) is 5.50. The number of H-pyrrole nitrogens is 1. The largest absolute Gasteiger partial charge is 0.309 e. The fourth-order valence-electron chi connectivity index (χ4n) is 2.40. The van der Waals surface area contributed by atoms with Crippen LogP contribution in [0.4, 0.5) is 0 Å². The second kappa shape index (κ2) is 7.36. The number of fused-ring (bicyclic) bond motifs is 1. The normalized spacial score (nSPS) is 11.6. The van der Waals surface area contributed by atoms with Crippen LogP contribution >= 0.6 is 0 Å². The summed E-state index contributed by atoms with van der Waals surface area (Å²) in [5.74, 6) is 0.725. The third-order valence-electron chi connectivity index (χ3n) is 3.68. The molecule has 0 aliphatic carbocycles. The molecule has 0 aromatic carbocycles. The molecule has 0 aliphatic heterocycles. The molecule has 0 saturated carbocycles. The molecule has 0 aliphatic rings. The van der Waals surface area contributed by atoms with E-state index in [4.69, 9.17) is 0 Å². The molecular weight excluding hydrogens is 266 g/mol. The van der Waals surface area contributed by atoms with E-state index in [1.807, 2.05) is 7.05 Å². The standard InChI is InChI=1S/C15H25N5O/c1-4-6-8-20(9-7-5-2)11-13-17-14-12(15(21)18-13)10-16-19(14)3/h10H,4-9,11H2,1-3H3,(H,17,18,21). The van der Waals surface area contributed by atoms with Gasteiger partial charge >= 0.3 is 0 Å². The molecule has 0 radical (unpaired) electrons. The van der Waals surface area contributed by atoms with Crippen molar-refractivity contribution in [2.45, 2.75) is 46.1 Å². The zero-order valence-corrected chi connectivity index (χ0v) is 13.2. The molecule has 6 heteroatoms. The van der Waals surface area contributed by atoms with Crippen LogP contribution < -0.4 is 5.56 Å². The maximum Gasteiger partial charge on any atom is 0.262 e. The van der Waals surface area contributed by atoms with E-state index in [1.165, 1.54) is 25.7 Å². The number of nitrogens with one attached hydrogen (secondary N) is 1. The van der Waals surface area contributed by atoms with Gasteiger partial charge < -0.3 is 4.98 Å². The number of aromatic amines is 1. The number of hydrogen-bond acceptors (Lipinski definition) is 4. The molecule has 0 amide bonds. The van der Waals surface area contributed by atoms with Crippen LogP contribution in [0.25, 0.3) is 11.0 Å². The minimum Gasteiger partial charge on any atom is -0.309 e. The lowest BCUT2D eigenvalue weighted by Gasteiger charge is -2.21. The summed E-state index contributed by atoms with van der Waals surface area (Å²) in [5.41, 5.74) is 0.550. The maximum absolute atomic E-state index is 12.1. The summed E-state index contributed by atoms with van der Waals surface area (Å²) in [6, 6.07) is 0. The van der Waals surface area contributed by atoms with E-state index in [0.29, 0.717) is 17.6 Å². The van der Waals surface area contributed by atoms with E-state index in [0.717, 1.165) is 18.9 Å². The summed E-state index contributed by atoms with van der Waals surface area (Å²) in [6.45, 7) is 7.17. The van der Waals surface area contributed by atoms with Crippen molar-refractivity contribution in [3.63, 3.8) is 0 Å². The second-order valence-electron chi connectivity index (χ2n) is 5.50. The first kappa shape index (κ1) is 15.7. The third kappa shape index (κ3) is 3.91. The summed E-state index contributed by atoms with van der Waals surface area (Å²) in [5, 5.41) is 4.65. The van der Waals surface area contributed by atoms with Gasteiger partial charge in [-0.2, -0.15) is 5.10 Å². The Labute approximate surface area is 125 Å². The first-order chi connectivity index (χ1) is 10.2. The van der Waals surface area contributed by atoms with Gasteiger partial charge in [0.25, 0.3) is 5.56 Å². The average Bonchev–Trinajstić information content (AvgIpc) is 2.84. The first-order valence-corrected chi connectivity index (χ1v) is 7.79. The molecule has 0 unspecified atom stereocenters. The van der Waals surface area contributed by atoms with E-state index in [1.54, 1.807) is 10.9 Å². The lowest BCUT2D eigenvalue weighted by atomic mass is 10.2. The Morgan fingerprint density at radius 2 is 1.90 bits per heavy atom. The topological polar surface area (TPSA) is 66.8 Å². The van der Waals surface area contributed by atoms with Gasteiger partial charge in [-0.1, -0.05) is 26.7 Å². The lowest BCUT2D eigenvalue weighted by Crippen LogP contribution is -2.28. The highest BCUT2D eigenvalue weighted by molar-refractivity contribution is 5.72. The van der Waals surface area contributed by atoms with Gasteiger partial charge in [-0.15, -0.1) is 0 Å². The molecule has 0 atom stereocenters. The summed E-state index contributed by atoms with van der Waals surface area (Å²) in [6.07, 6.45) is 6.25. The van der Waals surface area contributed by atoms with E-state index >= 15 is 0 Å². The van der Waals surface area contributed by atoms with Crippen LogP contribution in [0.5, 0.6) is 0 Å². The summed E-state index contributed by atoms with van der Waals surface area (Å²) >= 11 is 0. The molecule has 0 spiro atoms. The van der Waals surface area contributed by atoms with Gasteiger partial charge in [-0.3, -0.25) is 14.4 Å². The van der Waals surface area contributed by atoms with Gasteiger partial charge in [0.05, 0.1) is 12.7 Å². The van der Waals surface area contributed by atoms with Crippen molar-refractivity contribution in [2.75, 3.05) is 13.1 Å². The van der Waals surface area contributed by atoms with Crippen LogP contribution in [0.1, 0.15) is 45.4 Å². The van der Waals surface area contributed by atoms with Crippen molar-refractivity contribution < 1.29 is 0 Å². The highest BCUT2D eigenvalue weighted by Gasteiger charge is 2.11. The number of aromatic nitrogens is 4. The molecule has 6 nitrogen and oxygen atoms in total. The Hall–Kier alpha value is -1.69. The zero-order chi connectivity index (χ0) is 15.2. The quantitative estimate of drug-likeness (QED) is 0.808. The summed E-state index contributed by atoms with van der Waals surface area (Å²) < 4.78 is 1.65. The number of nitrogens with zero attached hydrogens (tertiary/aromatic N) is 4. The molecule has 1 N–H and O–H groups in total. The monoisotopic (exact) mass is 291 g/mol. The molecule has 2 rings (SSSR count). The van der Waals surface area contributed by atoms with Gasteiger partial charge in [-0.05, 0) is 25.9 Å². The highest BCUT2D eigenvalue weighted by Crippen LogP contribution is 2.07. The third-order valence-corrected chi connectivity index (χ3v) is 3.68. The Balaban J connectivity index is 2.18. The van der Waals surface area contributed by atoms with Crippen LogP contribution in [0, 0.1) is 0 Å².